The van der Waals surface area contributed by atoms with Crippen molar-refractivity contribution >= 4 is 23.4 Å². The van der Waals surface area contributed by atoms with Crippen LogP contribution >= 0.6 is 11.8 Å². The number of nitrogens with one attached hydrogen (secondary N) is 1. The van der Waals surface area contributed by atoms with Gasteiger partial charge in [-0.05, 0) is 36.2 Å². The number of fused-ring (bicyclic) bond motifs is 1. The van der Waals surface area contributed by atoms with E-state index in [9.17, 15) is 4.79 Å². The summed E-state index contributed by atoms with van der Waals surface area (Å²) in [6.45, 7) is 2.38. The van der Waals surface area contributed by atoms with Crippen molar-refractivity contribution in [1.82, 2.24) is 10.2 Å². The molecule has 0 saturated carbocycles. The van der Waals surface area contributed by atoms with E-state index in [1.807, 2.05) is 48.5 Å². The highest BCUT2D eigenvalue weighted by Crippen LogP contribution is 2.35. The molecule has 3 aromatic rings. The molecule has 7 nitrogen and oxygen atoms in total. The third-order valence-electron chi connectivity index (χ3n) is 4.18. The highest BCUT2D eigenvalue weighted by Gasteiger charge is 2.27. The number of aryl methyl sites for hydroxylation is 1. The molecule has 144 valence electrons. The largest absolute Gasteiger partial charge is 0.485 e. The third-order valence-corrected chi connectivity index (χ3v) is 5.00. The van der Waals surface area contributed by atoms with E-state index < -0.39 is 6.10 Å². The molecule has 2 heterocycles. The van der Waals surface area contributed by atoms with Crippen LogP contribution in [0, 0.1) is 0 Å². The molecule has 0 radical (unpaired) electrons. The number of aromatic nitrogens is 2. The number of rotatable bonds is 6. The number of hydrogen-bond donors (Lipinski definition) is 1. The molecule has 1 atom stereocenters. The second kappa shape index (κ2) is 8.35. The average molecular weight is 397 g/mol. The molecule has 4 rings (SSSR count). The van der Waals surface area contributed by atoms with Gasteiger partial charge in [0.1, 0.15) is 6.61 Å². The standard InChI is InChI=1S/C20H19N3O4S/c1-2-13-7-9-14(10-8-13)21-18(24)12-28-20-23-22-19(27-20)17-11-25-15-5-3-4-6-16(15)26-17/h3-10,17H,2,11-12H2,1H3,(H,21,24)/t17-/m0/s1. The maximum atomic E-state index is 12.1. The summed E-state index contributed by atoms with van der Waals surface area (Å²) in [5.41, 5.74) is 1.99. The summed E-state index contributed by atoms with van der Waals surface area (Å²) in [5, 5.41) is 11.2. The summed E-state index contributed by atoms with van der Waals surface area (Å²) in [4.78, 5) is 12.1. The molecule has 1 aromatic heterocycles. The molecule has 28 heavy (non-hydrogen) atoms. The monoisotopic (exact) mass is 397 g/mol. The first-order valence-electron chi connectivity index (χ1n) is 8.94. The topological polar surface area (TPSA) is 86.5 Å². The van der Waals surface area contributed by atoms with Gasteiger partial charge < -0.3 is 19.2 Å². The van der Waals surface area contributed by atoms with Crippen molar-refractivity contribution in [3.05, 3.63) is 60.0 Å². The van der Waals surface area contributed by atoms with Crippen molar-refractivity contribution in [2.24, 2.45) is 0 Å². The van der Waals surface area contributed by atoms with Crippen LogP contribution in [-0.2, 0) is 11.2 Å². The number of amides is 1. The predicted molar refractivity (Wildman–Crippen MR) is 105 cm³/mol. The highest BCUT2D eigenvalue weighted by atomic mass is 32.2. The van der Waals surface area contributed by atoms with Gasteiger partial charge in [0.25, 0.3) is 11.1 Å². The van der Waals surface area contributed by atoms with Crippen molar-refractivity contribution in [2.45, 2.75) is 24.7 Å². The number of carbonyl (C=O) groups is 1. The number of thioether (sulfide) groups is 1. The van der Waals surface area contributed by atoms with Gasteiger partial charge in [-0.15, -0.1) is 10.2 Å². The smallest absolute Gasteiger partial charge is 0.277 e. The zero-order chi connectivity index (χ0) is 19.3. The molecular formula is C20H19N3O4S. The summed E-state index contributed by atoms with van der Waals surface area (Å²) in [7, 11) is 0. The van der Waals surface area contributed by atoms with Crippen molar-refractivity contribution in [2.75, 3.05) is 17.7 Å². The van der Waals surface area contributed by atoms with Crippen LogP contribution in [0.15, 0.2) is 58.2 Å². The Hall–Kier alpha value is -3.00. The van der Waals surface area contributed by atoms with E-state index in [0.717, 1.165) is 12.1 Å². The van der Waals surface area contributed by atoms with Gasteiger partial charge in [-0.3, -0.25) is 4.79 Å². The first-order valence-corrected chi connectivity index (χ1v) is 9.93. The summed E-state index contributed by atoms with van der Waals surface area (Å²) in [6.07, 6.45) is 0.493. The number of hydrogen-bond acceptors (Lipinski definition) is 7. The van der Waals surface area contributed by atoms with Crippen LogP contribution in [0.25, 0.3) is 0 Å². The fourth-order valence-electron chi connectivity index (χ4n) is 2.70. The van der Waals surface area contributed by atoms with Crippen molar-refractivity contribution in [3.63, 3.8) is 0 Å². The Labute approximate surface area is 166 Å². The number of para-hydroxylation sites is 2. The Morgan fingerprint density at radius 1 is 1.14 bits per heavy atom. The van der Waals surface area contributed by atoms with Crippen molar-refractivity contribution < 1.29 is 18.7 Å². The molecule has 2 aromatic carbocycles. The van der Waals surface area contributed by atoms with Gasteiger partial charge in [0.15, 0.2) is 11.5 Å². The van der Waals surface area contributed by atoms with Crippen molar-refractivity contribution in [3.8, 4) is 11.5 Å². The Balaban J connectivity index is 1.30. The lowest BCUT2D eigenvalue weighted by molar-refractivity contribution is -0.113. The van der Waals surface area contributed by atoms with Gasteiger partial charge in [0.05, 0.1) is 5.75 Å². The molecule has 0 saturated heterocycles. The molecule has 0 unspecified atom stereocenters. The Morgan fingerprint density at radius 2 is 1.93 bits per heavy atom. The molecule has 1 aliphatic rings. The third kappa shape index (κ3) is 4.28. The van der Waals surface area contributed by atoms with E-state index in [2.05, 4.69) is 22.4 Å². The summed E-state index contributed by atoms with van der Waals surface area (Å²) in [5.74, 6) is 1.69. The minimum atomic E-state index is -0.470. The van der Waals surface area contributed by atoms with Crippen LogP contribution < -0.4 is 14.8 Å². The van der Waals surface area contributed by atoms with E-state index >= 15 is 0 Å². The van der Waals surface area contributed by atoms with E-state index in [-0.39, 0.29) is 18.3 Å². The second-order valence-corrected chi connectivity index (χ2v) is 7.08. The molecule has 1 N–H and O–H groups in total. The Kier molecular flexibility index (Phi) is 5.48. The predicted octanol–water partition coefficient (Wildman–Crippen LogP) is 3.88. The van der Waals surface area contributed by atoms with E-state index in [4.69, 9.17) is 13.9 Å². The quantitative estimate of drug-likeness (QED) is 0.632. The lowest BCUT2D eigenvalue weighted by atomic mass is 10.1. The molecule has 1 aliphatic heterocycles. The van der Waals surface area contributed by atoms with Gasteiger partial charge in [-0.2, -0.15) is 0 Å². The van der Waals surface area contributed by atoms with E-state index in [0.29, 0.717) is 22.6 Å². The Morgan fingerprint density at radius 3 is 2.71 bits per heavy atom. The summed E-state index contributed by atoms with van der Waals surface area (Å²) in [6, 6.07) is 15.2. The zero-order valence-electron chi connectivity index (χ0n) is 15.3. The highest BCUT2D eigenvalue weighted by molar-refractivity contribution is 7.99. The lowest BCUT2D eigenvalue weighted by Crippen LogP contribution is -2.21. The first kappa shape index (κ1) is 18.4. The number of nitrogens with zero attached hydrogens (tertiary/aromatic N) is 2. The van der Waals surface area contributed by atoms with Gasteiger partial charge in [-0.1, -0.05) is 43.0 Å². The van der Waals surface area contributed by atoms with Crippen LogP contribution in [0.1, 0.15) is 24.5 Å². The van der Waals surface area contributed by atoms with E-state index in [1.54, 1.807) is 0 Å². The minimum absolute atomic E-state index is 0.139. The number of ether oxygens (including phenoxy) is 2. The van der Waals surface area contributed by atoms with Crippen LogP contribution in [0.3, 0.4) is 0 Å². The van der Waals surface area contributed by atoms with Crippen LogP contribution in [0.2, 0.25) is 0 Å². The van der Waals surface area contributed by atoms with Crippen molar-refractivity contribution in [1.29, 1.82) is 0 Å². The fraction of sp³-hybridized carbons (Fsp3) is 0.250. The summed E-state index contributed by atoms with van der Waals surface area (Å²) < 4.78 is 17.1. The molecule has 0 fully saturated rings. The molecule has 1 amide bonds. The second-order valence-electron chi connectivity index (χ2n) is 6.16. The van der Waals surface area contributed by atoms with Crippen LogP contribution in [-0.4, -0.2) is 28.5 Å². The SMILES string of the molecule is CCc1ccc(NC(=O)CSc2nnc([C@@H]3COc4ccccc4O3)o2)cc1. The van der Waals surface area contributed by atoms with Gasteiger partial charge in [-0.25, -0.2) is 0 Å². The summed E-state index contributed by atoms with van der Waals surface area (Å²) >= 11 is 1.18. The molecular weight excluding hydrogens is 378 g/mol. The first-order chi connectivity index (χ1) is 13.7. The van der Waals surface area contributed by atoms with Crippen LogP contribution in [0.4, 0.5) is 5.69 Å². The number of anilines is 1. The van der Waals surface area contributed by atoms with Crippen LogP contribution in [0.5, 0.6) is 11.5 Å². The van der Waals surface area contributed by atoms with Gasteiger partial charge in [0.2, 0.25) is 12.0 Å². The molecule has 0 bridgehead atoms. The fourth-order valence-corrected chi connectivity index (χ4v) is 3.27. The maximum absolute atomic E-state index is 12.1. The maximum Gasteiger partial charge on any atom is 0.277 e. The molecule has 8 heteroatoms. The van der Waals surface area contributed by atoms with E-state index in [1.165, 1.54) is 17.3 Å². The number of carbonyl (C=O) groups excluding carboxylic acids is 1. The molecule has 0 spiro atoms. The average Bonchev–Trinajstić information content (AvgIpc) is 3.21. The zero-order valence-corrected chi connectivity index (χ0v) is 16.1. The normalized spacial score (nSPS) is 15.2. The molecule has 0 aliphatic carbocycles. The van der Waals surface area contributed by atoms with Gasteiger partial charge in [0, 0.05) is 5.69 Å². The Bertz CT molecular complexity index is 958. The lowest BCUT2D eigenvalue weighted by Gasteiger charge is -2.23. The number of benzene rings is 2. The van der Waals surface area contributed by atoms with Gasteiger partial charge >= 0.3 is 0 Å². The minimum Gasteiger partial charge on any atom is -0.485 e.